The van der Waals surface area contributed by atoms with E-state index in [0.29, 0.717) is 19.3 Å². The molecule has 0 spiro atoms. The highest BCUT2D eigenvalue weighted by atomic mass is 16.6. The van der Waals surface area contributed by atoms with Gasteiger partial charge in [0.05, 0.1) is 0 Å². The molecular weight excluding hydrogens is 757 g/mol. The summed E-state index contributed by atoms with van der Waals surface area (Å²) >= 11 is 0. The summed E-state index contributed by atoms with van der Waals surface area (Å²) in [7, 11) is 0. The highest BCUT2D eigenvalue weighted by molar-refractivity contribution is 5.71. The quantitative estimate of drug-likeness (QED) is 0.0200. The number of hydrogen-bond donors (Lipinski definition) is 0. The van der Waals surface area contributed by atoms with Gasteiger partial charge < -0.3 is 14.2 Å². The van der Waals surface area contributed by atoms with E-state index in [1.165, 1.54) is 122 Å². The van der Waals surface area contributed by atoms with Gasteiger partial charge in [-0.25, -0.2) is 0 Å². The van der Waals surface area contributed by atoms with E-state index in [2.05, 4.69) is 63.3 Å². The van der Waals surface area contributed by atoms with Crippen molar-refractivity contribution in [3.05, 3.63) is 60.8 Å². The molecule has 1 atom stereocenters. The van der Waals surface area contributed by atoms with Crippen molar-refractivity contribution >= 4 is 17.9 Å². The van der Waals surface area contributed by atoms with Crippen LogP contribution in [-0.2, 0) is 28.6 Å². The lowest BCUT2D eigenvalue weighted by molar-refractivity contribution is -0.167. The Bertz CT molecular complexity index is 1120. The molecule has 0 aromatic carbocycles. The number of allylic oxidation sites excluding steroid dienone is 10. The number of esters is 3. The maximum Gasteiger partial charge on any atom is 0.306 e. The lowest BCUT2D eigenvalue weighted by Gasteiger charge is -2.18. The molecule has 1 unspecified atom stereocenters. The van der Waals surface area contributed by atoms with Crippen molar-refractivity contribution in [2.45, 2.75) is 258 Å². The van der Waals surface area contributed by atoms with E-state index in [0.717, 1.165) is 89.9 Å². The molecule has 0 aliphatic carbocycles. The minimum Gasteiger partial charge on any atom is -0.462 e. The first kappa shape index (κ1) is 58.1. The van der Waals surface area contributed by atoms with Gasteiger partial charge >= 0.3 is 17.9 Å². The van der Waals surface area contributed by atoms with Crippen LogP contribution in [0.15, 0.2) is 60.8 Å². The average molecular weight is 853 g/mol. The van der Waals surface area contributed by atoms with Crippen molar-refractivity contribution < 1.29 is 28.6 Å². The van der Waals surface area contributed by atoms with Crippen molar-refractivity contribution in [2.75, 3.05) is 13.2 Å². The second kappa shape index (κ2) is 49.8. The van der Waals surface area contributed by atoms with Gasteiger partial charge in [0.2, 0.25) is 0 Å². The van der Waals surface area contributed by atoms with Gasteiger partial charge in [0.1, 0.15) is 13.2 Å². The Morgan fingerprint density at radius 3 is 1.05 bits per heavy atom. The van der Waals surface area contributed by atoms with Crippen molar-refractivity contribution in [1.82, 2.24) is 0 Å². The molecule has 0 aromatic rings. The molecule has 0 saturated heterocycles. The number of unbranched alkanes of at least 4 members (excludes halogenated alkanes) is 28. The van der Waals surface area contributed by atoms with E-state index >= 15 is 0 Å². The monoisotopic (exact) mass is 853 g/mol. The van der Waals surface area contributed by atoms with Crippen molar-refractivity contribution in [1.29, 1.82) is 0 Å². The number of carbonyl (C=O) groups excluding carboxylic acids is 3. The maximum atomic E-state index is 12.8. The van der Waals surface area contributed by atoms with E-state index in [9.17, 15) is 14.4 Å². The minimum atomic E-state index is -0.787. The Hall–Kier alpha value is -2.89. The summed E-state index contributed by atoms with van der Waals surface area (Å²) in [6, 6.07) is 0. The van der Waals surface area contributed by atoms with E-state index in [1.807, 2.05) is 18.2 Å². The highest BCUT2D eigenvalue weighted by Gasteiger charge is 2.19. The number of hydrogen-bond acceptors (Lipinski definition) is 6. The zero-order valence-corrected chi connectivity index (χ0v) is 40.2. The van der Waals surface area contributed by atoms with Crippen molar-refractivity contribution in [3.63, 3.8) is 0 Å². The molecule has 61 heavy (non-hydrogen) atoms. The predicted molar refractivity (Wildman–Crippen MR) is 261 cm³/mol. The summed E-state index contributed by atoms with van der Waals surface area (Å²) in [6.07, 6.45) is 60.5. The van der Waals surface area contributed by atoms with E-state index < -0.39 is 6.10 Å². The van der Waals surface area contributed by atoms with Gasteiger partial charge in [0, 0.05) is 19.3 Å². The van der Waals surface area contributed by atoms with Gasteiger partial charge in [0.15, 0.2) is 6.10 Å². The minimum absolute atomic E-state index is 0.0848. The van der Waals surface area contributed by atoms with Gasteiger partial charge in [-0.05, 0) is 64.2 Å². The summed E-state index contributed by atoms with van der Waals surface area (Å²) in [6.45, 7) is 6.48. The number of carbonyl (C=O) groups is 3. The van der Waals surface area contributed by atoms with Crippen LogP contribution in [0.5, 0.6) is 0 Å². The lowest BCUT2D eigenvalue weighted by atomic mass is 10.0. The van der Waals surface area contributed by atoms with Crippen LogP contribution in [0.25, 0.3) is 0 Å². The molecule has 0 saturated carbocycles. The molecule has 0 heterocycles. The van der Waals surface area contributed by atoms with Gasteiger partial charge in [-0.15, -0.1) is 0 Å². The zero-order chi connectivity index (χ0) is 44.4. The van der Waals surface area contributed by atoms with Crippen LogP contribution >= 0.6 is 0 Å². The number of ether oxygens (including phenoxy) is 3. The molecule has 0 aromatic heterocycles. The first-order valence-corrected chi connectivity index (χ1v) is 25.8. The third kappa shape index (κ3) is 48.0. The van der Waals surface area contributed by atoms with Crippen LogP contribution in [0, 0.1) is 0 Å². The third-order valence-corrected chi connectivity index (χ3v) is 11.1. The normalized spacial score (nSPS) is 12.5. The largest absolute Gasteiger partial charge is 0.462 e. The molecule has 0 amide bonds. The second-order valence-electron chi connectivity index (χ2n) is 17.1. The molecule has 0 rings (SSSR count). The SMILES string of the molecule is CC\C=C/C=C\C=C/C=C\CCCCCCCC(=O)OC(COC(=O)CCCCCCC/C=C\CCCCCCCCC)COC(=O)CCCCCCCCCCCCCC. The molecule has 0 radical (unpaired) electrons. The lowest BCUT2D eigenvalue weighted by Crippen LogP contribution is -2.30. The highest BCUT2D eigenvalue weighted by Crippen LogP contribution is 2.15. The van der Waals surface area contributed by atoms with Gasteiger partial charge in [-0.3, -0.25) is 14.4 Å². The smallest absolute Gasteiger partial charge is 0.306 e. The predicted octanol–water partition coefficient (Wildman–Crippen LogP) is 16.9. The molecule has 0 aliphatic heterocycles. The summed E-state index contributed by atoms with van der Waals surface area (Å²) < 4.78 is 16.8. The fourth-order valence-electron chi connectivity index (χ4n) is 7.21. The van der Waals surface area contributed by atoms with Crippen LogP contribution in [0.2, 0.25) is 0 Å². The van der Waals surface area contributed by atoms with Crippen LogP contribution in [0.3, 0.4) is 0 Å². The second-order valence-corrected chi connectivity index (χ2v) is 17.1. The van der Waals surface area contributed by atoms with Crippen LogP contribution in [0.1, 0.15) is 252 Å². The molecule has 352 valence electrons. The molecular formula is C55H96O6. The van der Waals surface area contributed by atoms with Gasteiger partial charge in [0.25, 0.3) is 0 Å². The molecule has 6 nitrogen and oxygen atoms in total. The van der Waals surface area contributed by atoms with E-state index in [1.54, 1.807) is 0 Å². The number of rotatable bonds is 46. The first-order valence-electron chi connectivity index (χ1n) is 25.8. The summed E-state index contributed by atoms with van der Waals surface area (Å²) in [5, 5.41) is 0. The zero-order valence-electron chi connectivity index (χ0n) is 40.2. The Morgan fingerprint density at radius 2 is 0.656 bits per heavy atom. The molecule has 6 heteroatoms. The van der Waals surface area contributed by atoms with Crippen LogP contribution in [-0.4, -0.2) is 37.2 Å². The van der Waals surface area contributed by atoms with Gasteiger partial charge in [-0.2, -0.15) is 0 Å². The molecule has 0 N–H and O–H groups in total. The van der Waals surface area contributed by atoms with Gasteiger partial charge in [-0.1, -0.05) is 229 Å². The summed E-state index contributed by atoms with van der Waals surface area (Å²) in [4.78, 5) is 37.9. The van der Waals surface area contributed by atoms with Crippen LogP contribution < -0.4 is 0 Å². The Balaban J connectivity index is 4.42. The van der Waals surface area contributed by atoms with Crippen molar-refractivity contribution in [2.24, 2.45) is 0 Å². The Morgan fingerprint density at radius 1 is 0.344 bits per heavy atom. The van der Waals surface area contributed by atoms with Crippen LogP contribution in [0.4, 0.5) is 0 Å². The van der Waals surface area contributed by atoms with E-state index in [-0.39, 0.29) is 31.1 Å². The van der Waals surface area contributed by atoms with E-state index in [4.69, 9.17) is 14.2 Å². The third-order valence-electron chi connectivity index (χ3n) is 11.1. The average Bonchev–Trinajstić information content (AvgIpc) is 3.26. The summed E-state index contributed by atoms with van der Waals surface area (Å²) in [5.74, 6) is -0.912. The standard InChI is InChI=1S/C55H96O6/c1-4-7-10-13-16-19-22-25-27-29-30-33-36-39-42-45-48-54(57)60-51-52(50-59-53(56)47-44-41-38-35-32-24-21-18-15-12-9-6-3)61-55(58)49-46-43-40-37-34-31-28-26-23-20-17-14-11-8-5-2/h8,11,14,17,20,23,26-29,52H,4-7,9-10,12-13,15-16,18-19,21-22,24-25,30-51H2,1-3H3/b11-8-,17-14-,23-20-,28-26-,29-27-. The molecule has 0 fully saturated rings. The summed E-state index contributed by atoms with van der Waals surface area (Å²) in [5.41, 5.74) is 0. The van der Waals surface area contributed by atoms with Crippen molar-refractivity contribution in [3.8, 4) is 0 Å². The Kier molecular flexibility index (Phi) is 47.4. The Labute approximate surface area is 377 Å². The molecule has 0 aliphatic rings. The fourth-order valence-corrected chi connectivity index (χ4v) is 7.21. The maximum absolute atomic E-state index is 12.8. The topological polar surface area (TPSA) is 78.9 Å². The molecule has 0 bridgehead atoms. The first-order chi connectivity index (χ1) is 30.0. The fraction of sp³-hybridized carbons (Fsp3) is 0.764.